The molecule has 1 aliphatic heterocycles. The van der Waals surface area contributed by atoms with Crippen LogP contribution in [0.15, 0.2) is 24.3 Å². The zero-order valence-corrected chi connectivity index (χ0v) is 13.9. The molecule has 4 nitrogen and oxygen atoms in total. The Hall–Kier alpha value is -0.660. The highest BCUT2D eigenvalue weighted by atomic mass is 127. The Morgan fingerprint density at radius 1 is 1.40 bits per heavy atom. The first-order chi connectivity index (χ1) is 9.66. The zero-order valence-electron chi connectivity index (χ0n) is 11.8. The molecule has 1 N–H and O–H groups in total. The number of carbonyl (C=O) groups excluding carboxylic acids is 1. The first-order valence-electron chi connectivity index (χ1n) is 6.99. The predicted octanol–water partition coefficient (Wildman–Crippen LogP) is 1.99. The summed E-state index contributed by atoms with van der Waals surface area (Å²) >= 11 is 2.19. The van der Waals surface area contributed by atoms with E-state index in [0.717, 1.165) is 42.0 Å². The molecular formula is C15H21IN2O2. The maximum absolute atomic E-state index is 12.1. The van der Waals surface area contributed by atoms with E-state index >= 15 is 0 Å². The fourth-order valence-corrected chi connectivity index (χ4v) is 2.93. The maximum Gasteiger partial charge on any atom is 0.252 e. The summed E-state index contributed by atoms with van der Waals surface area (Å²) in [6.45, 7) is 7.52. The summed E-state index contributed by atoms with van der Waals surface area (Å²) in [5, 5.41) is 3.03. The highest BCUT2D eigenvalue weighted by molar-refractivity contribution is 14.1. The Labute approximate surface area is 134 Å². The van der Waals surface area contributed by atoms with Crippen LogP contribution in [0.2, 0.25) is 0 Å². The van der Waals surface area contributed by atoms with Crippen LogP contribution in [0.5, 0.6) is 0 Å². The first-order valence-corrected chi connectivity index (χ1v) is 8.07. The molecule has 1 heterocycles. The van der Waals surface area contributed by atoms with Crippen LogP contribution in [0.1, 0.15) is 17.3 Å². The third-order valence-corrected chi connectivity index (χ3v) is 4.34. The van der Waals surface area contributed by atoms with Gasteiger partial charge in [-0.1, -0.05) is 19.1 Å². The largest absolute Gasteiger partial charge is 0.379 e. The Bertz CT molecular complexity index is 447. The molecule has 1 unspecified atom stereocenters. The van der Waals surface area contributed by atoms with E-state index in [1.54, 1.807) is 0 Å². The van der Waals surface area contributed by atoms with E-state index in [1.807, 2.05) is 24.3 Å². The summed E-state index contributed by atoms with van der Waals surface area (Å²) in [6.07, 6.45) is 0. The van der Waals surface area contributed by atoms with Gasteiger partial charge in [0.15, 0.2) is 0 Å². The topological polar surface area (TPSA) is 41.6 Å². The van der Waals surface area contributed by atoms with Crippen molar-refractivity contribution in [3.8, 4) is 0 Å². The van der Waals surface area contributed by atoms with E-state index in [0.29, 0.717) is 12.5 Å². The lowest BCUT2D eigenvalue weighted by Gasteiger charge is -2.29. The molecule has 1 amide bonds. The number of hydrogen-bond donors (Lipinski definition) is 1. The Balaban J connectivity index is 1.76. The summed E-state index contributed by atoms with van der Waals surface area (Å²) in [4.78, 5) is 14.5. The molecule has 0 radical (unpaired) electrons. The molecule has 0 bridgehead atoms. The van der Waals surface area contributed by atoms with Gasteiger partial charge in [-0.25, -0.2) is 0 Å². The lowest BCUT2D eigenvalue weighted by molar-refractivity contribution is 0.0317. The number of halogens is 1. The Morgan fingerprint density at radius 3 is 2.80 bits per heavy atom. The number of ether oxygens (including phenoxy) is 1. The minimum Gasteiger partial charge on any atom is -0.379 e. The molecule has 1 atom stereocenters. The van der Waals surface area contributed by atoms with Crippen molar-refractivity contribution in [2.75, 3.05) is 39.4 Å². The molecule has 1 aromatic rings. The molecule has 1 aliphatic rings. The van der Waals surface area contributed by atoms with Crippen LogP contribution in [0.3, 0.4) is 0 Å². The van der Waals surface area contributed by atoms with Crippen LogP contribution in [-0.2, 0) is 4.74 Å². The molecule has 0 spiro atoms. The molecule has 1 saturated heterocycles. The van der Waals surface area contributed by atoms with Gasteiger partial charge in [0, 0.05) is 29.7 Å². The van der Waals surface area contributed by atoms with Gasteiger partial charge in [0.2, 0.25) is 0 Å². The van der Waals surface area contributed by atoms with Gasteiger partial charge in [-0.2, -0.15) is 0 Å². The molecule has 1 fully saturated rings. The molecule has 0 aliphatic carbocycles. The summed E-state index contributed by atoms with van der Waals surface area (Å²) in [5.74, 6) is 0.460. The molecule has 110 valence electrons. The number of morpholine rings is 1. The third-order valence-electron chi connectivity index (χ3n) is 3.40. The average Bonchev–Trinajstić information content (AvgIpc) is 2.46. The molecule has 2 rings (SSSR count). The average molecular weight is 388 g/mol. The van der Waals surface area contributed by atoms with E-state index in [9.17, 15) is 4.79 Å². The van der Waals surface area contributed by atoms with E-state index in [4.69, 9.17) is 4.74 Å². The zero-order chi connectivity index (χ0) is 14.4. The second-order valence-corrected chi connectivity index (χ2v) is 6.37. The van der Waals surface area contributed by atoms with Crippen LogP contribution in [-0.4, -0.2) is 50.2 Å². The minimum atomic E-state index is 0.0174. The first kappa shape index (κ1) is 15.7. The smallest absolute Gasteiger partial charge is 0.252 e. The van der Waals surface area contributed by atoms with Crippen molar-refractivity contribution in [2.45, 2.75) is 6.92 Å². The normalized spacial score (nSPS) is 17.7. The van der Waals surface area contributed by atoms with Gasteiger partial charge in [0.05, 0.1) is 18.8 Å². The van der Waals surface area contributed by atoms with Gasteiger partial charge in [-0.15, -0.1) is 0 Å². The summed E-state index contributed by atoms with van der Waals surface area (Å²) in [7, 11) is 0. The molecule has 5 heteroatoms. The Kier molecular flexibility index (Phi) is 6.25. The number of nitrogens with one attached hydrogen (secondary N) is 1. The highest BCUT2D eigenvalue weighted by Crippen LogP contribution is 2.11. The predicted molar refractivity (Wildman–Crippen MR) is 87.9 cm³/mol. The van der Waals surface area contributed by atoms with E-state index in [1.165, 1.54) is 0 Å². The molecule has 1 aromatic carbocycles. The number of carbonyl (C=O) groups is 1. The van der Waals surface area contributed by atoms with Gasteiger partial charge in [-0.3, -0.25) is 9.69 Å². The van der Waals surface area contributed by atoms with Crippen LogP contribution >= 0.6 is 22.6 Å². The highest BCUT2D eigenvalue weighted by Gasteiger charge is 2.15. The SMILES string of the molecule is CC(CNC(=O)c1ccccc1I)CN1CCOCC1. The van der Waals surface area contributed by atoms with Gasteiger partial charge in [0.25, 0.3) is 5.91 Å². The van der Waals surface area contributed by atoms with Crippen molar-refractivity contribution in [2.24, 2.45) is 5.92 Å². The second-order valence-electron chi connectivity index (χ2n) is 5.21. The number of amides is 1. The number of benzene rings is 1. The van der Waals surface area contributed by atoms with E-state index < -0.39 is 0 Å². The summed E-state index contributed by atoms with van der Waals surface area (Å²) in [6, 6.07) is 7.66. The van der Waals surface area contributed by atoms with Gasteiger partial charge >= 0.3 is 0 Å². The fraction of sp³-hybridized carbons (Fsp3) is 0.533. The van der Waals surface area contributed by atoms with Crippen LogP contribution < -0.4 is 5.32 Å². The molecule has 0 saturated carbocycles. The molecular weight excluding hydrogens is 367 g/mol. The van der Waals surface area contributed by atoms with Gasteiger partial charge in [0.1, 0.15) is 0 Å². The van der Waals surface area contributed by atoms with Gasteiger partial charge < -0.3 is 10.1 Å². The quantitative estimate of drug-likeness (QED) is 0.785. The van der Waals surface area contributed by atoms with Crippen molar-refractivity contribution < 1.29 is 9.53 Å². The number of rotatable bonds is 5. The second kappa shape index (κ2) is 7.95. The third kappa shape index (κ3) is 4.71. The lowest BCUT2D eigenvalue weighted by atomic mass is 10.1. The van der Waals surface area contributed by atoms with Crippen LogP contribution in [0.25, 0.3) is 0 Å². The lowest BCUT2D eigenvalue weighted by Crippen LogP contribution is -2.41. The van der Waals surface area contributed by atoms with Crippen molar-refractivity contribution in [1.82, 2.24) is 10.2 Å². The van der Waals surface area contributed by atoms with E-state index in [2.05, 4.69) is 39.7 Å². The van der Waals surface area contributed by atoms with E-state index in [-0.39, 0.29) is 5.91 Å². The van der Waals surface area contributed by atoms with Crippen molar-refractivity contribution >= 4 is 28.5 Å². The molecule has 20 heavy (non-hydrogen) atoms. The number of nitrogens with zero attached hydrogens (tertiary/aromatic N) is 1. The monoisotopic (exact) mass is 388 g/mol. The number of hydrogen-bond acceptors (Lipinski definition) is 3. The Morgan fingerprint density at radius 2 is 2.10 bits per heavy atom. The summed E-state index contributed by atoms with van der Waals surface area (Å²) < 4.78 is 6.33. The van der Waals surface area contributed by atoms with Crippen molar-refractivity contribution in [3.05, 3.63) is 33.4 Å². The van der Waals surface area contributed by atoms with Crippen LogP contribution in [0.4, 0.5) is 0 Å². The van der Waals surface area contributed by atoms with Gasteiger partial charge in [-0.05, 0) is 40.6 Å². The fourth-order valence-electron chi connectivity index (χ4n) is 2.30. The minimum absolute atomic E-state index is 0.0174. The van der Waals surface area contributed by atoms with Crippen LogP contribution in [0, 0.1) is 9.49 Å². The molecule has 0 aromatic heterocycles. The summed E-state index contributed by atoms with van der Waals surface area (Å²) in [5.41, 5.74) is 0.756. The standard InChI is InChI=1S/C15H21IN2O2/c1-12(11-18-6-8-20-9-7-18)10-17-15(19)13-4-2-3-5-14(13)16/h2-5,12H,6-11H2,1H3,(H,17,19). The van der Waals surface area contributed by atoms with Crippen molar-refractivity contribution in [3.63, 3.8) is 0 Å². The van der Waals surface area contributed by atoms with Crippen molar-refractivity contribution in [1.29, 1.82) is 0 Å². The maximum atomic E-state index is 12.1.